The van der Waals surface area contributed by atoms with E-state index in [1.165, 1.54) is 6.26 Å². The van der Waals surface area contributed by atoms with Crippen molar-refractivity contribution in [1.29, 1.82) is 0 Å². The number of benzene rings is 2. The molecule has 0 aliphatic carbocycles. The second-order valence-corrected chi connectivity index (χ2v) is 7.31. The summed E-state index contributed by atoms with van der Waals surface area (Å²) in [5, 5.41) is 5.80. The molecule has 156 valence electrons. The molecule has 0 saturated heterocycles. The van der Waals surface area contributed by atoms with E-state index in [1.807, 2.05) is 19.2 Å². The van der Waals surface area contributed by atoms with E-state index in [1.54, 1.807) is 42.5 Å². The van der Waals surface area contributed by atoms with Gasteiger partial charge in [-0.3, -0.25) is 9.59 Å². The minimum Gasteiger partial charge on any atom is -0.459 e. The van der Waals surface area contributed by atoms with Gasteiger partial charge in [0.15, 0.2) is 5.76 Å². The van der Waals surface area contributed by atoms with E-state index < -0.39 is 5.91 Å². The van der Waals surface area contributed by atoms with Crippen molar-refractivity contribution in [3.8, 4) is 0 Å². The zero-order valence-electron chi connectivity index (χ0n) is 16.9. The number of unbranched alkanes of at least 4 members (excludes halogenated alkanes) is 1. The third-order valence-corrected chi connectivity index (χ3v) is 4.95. The van der Waals surface area contributed by atoms with Crippen LogP contribution in [0, 0.1) is 0 Å². The highest BCUT2D eigenvalue weighted by atomic mass is 35.5. The van der Waals surface area contributed by atoms with Crippen LogP contribution in [0.2, 0.25) is 5.02 Å². The lowest BCUT2D eigenvalue weighted by molar-refractivity contribution is 0.0994. The van der Waals surface area contributed by atoms with Crippen molar-refractivity contribution >= 4 is 40.5 Å². The number of hydrogen-bond acceptors (Lipinski definition) is 4. The summed E-state index contributed by atoms with van der Waals surface area (Å²) in [4.78, 5) is 26.8. The molecule has 6 nitrogen and oxygen atoms in total. The van der Waals surface area contributed by atoms with Gasteiger partial charge in [0.25, 0.3) is 11.8 Å². The Morgan fingerprint density at radius 1 is 1.03 bits per heavy atom. The maximum atomic E-state index is 12.5. The van der Waals surface area contributed by atoms with Crippen molar-refractivity contribution in [1.82, 2.24) is 0 Å². The van der Waals surface area contributed by atoms with Gasteiger partial charge in [-0.1, -0.05) is 24.9 Å². The average molecular weight is 426 g/mol. The van der Waals surface area contributed by atoms with Crippen molar-refractivity contribution in [3.05, 3.63) is 77.2 Å². The normalized spacial score (nSPS) is 10.5. The molecule has 3 rings (SSSR count). The molecule has 2 amide bonds. The Bertz CT molecular complexity index is 1000. The maximum Gasteiger partial charge on any atom is 0.291 e. The number of furan rings is 1. The predicted molar refractivity (Wildman–Crippen MR) is 121 cm³/mol. The summed E-state index contributed by atoms with van der Waals surface area (Å²) in [6.07, 6.45) is 3.68. The third kappa shape index (κ3) is 5.42. The van der Waals surface area contributed by atoms with Crippen LogP contribution in [0.1, 0.15) is 40.7 Å². The Balaban J connectivity index is 1.62. The van der Waals surface area contributed by atoms with Crippen LogP contribution in [-0.2, 0) is 0 Å². The van der Waals surface area contributed by atoms with Crippen molar-refractivity contribution in [3.63, 3.8) is 0 Å². The molecule has 3 aromatic rings. The van der Waals surface area contributed by atoms with Gasteiger partial charge in [-0.15, -0.1) is 0 Å². The van der Waals surface area contributed by atoms with Crippen molar-refractivity contribution in [2.75, 3.05) is 29.1 Å². The summed E-state index contributed by atoms with van der Waals surface area (Å²) in [7, 11) is 2.04. The number of amides is 2. The SMILES string of the molecule is CCCCN(C)c1ccc(C(=O)Nc2ccc(NC(=O)c3ccco3)c(Cl)c2)cc1. The number of nitrogens with one attached hydrogen (secondary N) is 2. The zero-order chi connectivity index (χ0) is 21.5. The molecule has 0 radical (unpaired) electrons. The van der Waals surface area contributed by atoms with Crippen LogP contribution in [0.3, 0.4) is 0 Å². The topological polar surface area (TPSA) is 74.6 Å². The van der Waals surface area contributed by atoms with Gasteiger partial charge in [-0.2, -0.15) is 0 Å². The largest absolute Gasteiger partial charge is 0.459 e. The number of rotatable bonds is 8. The Morgan fingerprint density at radius 3 is 2.43 bits per heavy atom. The second-order valence-electron chi connectivity index (χ2n) is 6.90. The average Bonchev–Trinajstić information content (AvgIpc) is 3.29. The molecular weight excluding hydrogens is 402 g/mol. The standard InChI is InChI=1S/C23H24ClN3O3/c1-3-4-13-27(2)18-10-7-16(8-11-18)22(28)25-17-9-12-20(19(24)15-17)26-23(29)21-6-5-14-30-21/h5-12,14-15H,3-4,13H2,1-2H3,(H,25,28)(H,26,29). The van der Waals surface area contributed by atoms with Gasteiger partial charge >= 0.3 is 0 Å². The van der Waals surface area contributed by atoms with E-state index in [-0.39, 0.29) is 11.7 Å². The molecule has 0 saturated carbocycles. The number of carbonyl (C=O) groups excluding carboxylic acids is 2. The van der Waals surface area contributed by atoms with Gasteiger partial charge in [0.2, 0.25) is 0 Å². The summed E-state index contributed by atoms with van der Waals surface area (Å²) in [5.41, 5.74) is 2.58. The first-order valence-electron chi connectivity index (χ1n) is 9.75. The van der Waals surface area contributed by atoms with Crippen LogP contribution in [0.5, 0.6) is 0 Å². The van der Waals surface area contributed by atoms with Crippen molar-refractivity contribution in [2.45, 2.75) is 19.8 Å². The van der Waals surface area contributed by atoms with Gasteiger partial charge in [-0.05, 0) is 61.0 Å². The Kier molecular flexibility index (Phi) is 7.14. The zero-order valence-corrected chi connectivity index (χ0v) is 17.7. The number of anilines is 3. The van der Waals surface area contributed by atoms with Crippen molar-refractivity contribution in [2.24, 2.45) is 0 Å². The van der Waals surface area contributed by atoms with E-state index >= 15 is 0 Å². The number of halogens is 1. The van der Waals surface area contributed by atoms with E-state index in [2.05, 4.69) is 22.5 Å². The van der Waals surface area contributed by atoms with Gasteiger partial charge in [-0.25, -0.2) is 0 Å². The highest BCUT2D eigenvalue weighted by Crippen LogP contribution is 2.26. The minimum atomic E-state index is -0.400. The summed E-state index contributed by atoms with van der Waals surface area (Å²) in [5.74, 6) is -0.448. The molecule has 2 N–H and O–H groups in total. The molecular formula is C23H24ClN3O3. The third-order valence-electron chi connectivity index (χ3n) is 4.64. The molecule has 1 aromatic heterocycles. The first kappa shape index (κ1) is 21.5. The maximum absolute atomic E-state index is 12.5. The molecule has 0 aliphatic rings. The quantitative estimate of drug-likeness (QED) is 0.487. The number of nitrogens with zero attached hydrogens (tertiary/aromatic N) is 1. The van der Waals surface area contributed by atoms with Gasteiger partial charge in [0.05, 0.1) is 17.0 Å². The number of carbonyl (C=O) groups is 2. The van der Waals surface area contributed by atoms with Crippen LogP contribution in [0.15, 0.2) is 65.3 Å². The van der Waals surface area contributed by atoms with Crippen LogP contribution in [0.4, 0.5) is 17.1 Å². The Hall–Kier alpha value is -3.25. The molecule has 0 fully saturated rings. The van der Waals surface area contributed by atoms with E-state index in [0.29, 0.717) is 22.0 Å². The lowest BCUT2D eigenvalue weighted by Crippen LogP contribution is -2.18. The second kappa shape index (κ2) is 9.98. The molecule has 1 heterocycles. The van der Waals surface area contributed by atoms with Crippen molar-refractivity contribution < 1.29 is 14.0 Å². The molecule has 30 heavy (non-hydrogen) atoms. The lowest BCUT2D eigenvalue weighted by atomic mass is 10.1. The highest BCUT2D eigenvalue weighted by Gasteiger charge is 2.13. The minimum absolute atomic E-state index is 0.187. The monoisotopic (exact) mass is 425 g/mol. The molecule has 0 aliphatic heterocycles. The Labute approximate surface area is 180 Å². The fourth-order valence-electron chi connectivity index (χ4n) is 2.88. The lowest BCUT2D eigenvalue weighted by Gasteiger charge is -2.19. The van der Waals surface area contributed by atoms with E-state index in [9.17, 15) is 9.59 Å². The summed E-state index contributed by atoms with van der Waals surface area (Å²) >= 11 is 6.26. The van der Waals surface area contributed by atoms with Crippen LogP contribution in [-0.4, -0.2) is 25.4 Å². The summed E-state index contributed by atoms with van der Waals surface area (Å²) in [6.45, 7) is 3.14. The fourth-order valence-corrected chi connectivity index (χ4v) is 3.11. The van der Waals surface area contributed by atoms with Gasteiger partial charge in [0.1, 0.15) is 0 Å². The van der Waals surface area contributed by atoms with Gasteiger partial charge < -0.3 is 20.0 Å². The molecule has 2 aromatic carbocycles. The highest BCUT2D eigenvalue weighted by molar-refractivity contribution is 6.34. The van der Waals surface area contributed by atoms with E-state index in [0.717, 1.165) is 25.1 Å². The summed E-state index contributed by atoms with van der Waals surface area (Å²) < 4.78 is 5.06. The molecule has 0 bridgehead atoms. The molecule has 0 spiro atoms. The van der Waals surface area contributed by atoms with E-state index in [4.69, 9.17) is 16.0 Å². The van der Waals surface area contributed by atoms with Gasteiger partial charge in [0, 0.05) is 30.5 Å². The molecule has 7 heteroatoms. The van der Waals surface area contributed by atoms with Crippen LogP contribution < -0.4 is 15.5 Å². The number of hydrogen-bond donors (Lipinski definition) is 2. The van der Waals surface area contributed by atoms with Crippen LogP contribution >= 0.6 is 11.6 Å². The Morgan fingerprint density at radius 2 is 1.80 bits per heavy atom. The fraction of sp³-hybridized carbons (Fsp3) is 0.217. The smallest absolute Gasteiger partial charge is 0.291 e. The predicted octanol–water partition coefficient (Wildman–Crippen LogP) is 5.67. The first-order valence-corrected chi connectivity index (χ1v) is 10.1. The summed E-state index contributed by atoms with van der Waals surface area (Å²) in [6, 6.07) is 15.5. The molecule has 0 unspecified atom stereocenters. The molecule has 0 atom stereocenters. The first-order chi connectivity index (χ1) is 14.5. The van der Waals surface area contributed by atoms with Crippen LogP contribution in [0.25, 0.3) is 0 Å².